The van der Waals surface area contributed by atoms with Gasteiger partial charge in [0, 0.05) is 20.7 Å². The van der Waals surface area contributed by atoms with E-state index in [1.807, 2.05) is 0 Å². The molecule has 6 nitrogen and oxygen atoms in total. The van der Waals surface area contributed by atoms with Gasteiger partial charge in [0.25, 0.3) is 10.0 Å². The fourth-order valence-corrected chi connectivity index (χ4v) is 2.54. The minimum atomic E-state index is -4.61. The third-order valence-corrected chi connectivity index (χ3v) is 4.16. The van der Waals surface area contributed by atoms with Gasteiger partial charge in [-0.25, -0.2) is 8.42 Å². The third-order valence-electron chi connectivity index (χ3n) is 2.49. The summed E-state index contributed by atoms with van der Waals surface area (Å²) in [4.78, 5) is 0. The predicted molar refractivity (Wildman–Crippen MR) is 68.2 cm³/mol. The Morgan fingerprint density at radius 2 is 2.05 bits per heavy atom. The van der Waals surface area contributed by atoms with Crippen LogP contribution in [0.4, 0.5) is 13.2 Å². The van der Waals surface area contributed by atoms with E-state index in [9.17, 15) is 21.6 Å². The number of nitrogens with zero attached hydrogens (tertiary/aromatic N) is 1. The summed E-state index contributed by atoms with van der Waals surface area (Å²) in [5.74, 6) is 0.310. The maximum atomic E-state index is 12.2. The fourth-order valence-electron chi connectivity index (χ4n) is 1.47. The second-order valence-corrected chi connectivity index (χ2v) is 6.24. The Labute approximate surface area is 120 Å². The van der Waals surface area contributed by atoms with Crippen molar-refractivity contribution in [1.82, 2.24) is 9.62 Å². The summed E-state index contributed by atoms with van der Waals surface area (Å²) >= 11 is 0. The topological polar surface area (TPSA) is 71.8 Å². The van der Waals surface area contributed by atoms with Gasteiger partial charge in [-0.05, 0) is 12.1 Å². The molecule has 0 atom stereocenters. The number of nitrogens with one attached hydrogen (secondary N) is 1. The Hall–Kier alpha value is -1.10. The fraction of sp³-hybridized carbons (Fsp3) is 0.636. The lowest BCUT2D eigenvalue weighted by molar-refractivity contribution is -0.134. The van der Waals surface area contributed by atoms with Crippen molar-refractivity contribution < 1.29 is 30.7 Å². The normalized spacial score (nSPS) is 13.0. The van der Waals surface area contributed by atoms with Gasteiger partial charge in [0.1, 0.15) is 12.3 Å². The molecule has 0 unspecified atom stereocenters. The van der Waals surface area contributed by atoms with Crippen molar-refractivity contribution in [2.24, 2.45) is 0 Å². The molecule has 0 aliphatic heterocycles. The number of methoxy groups -OCH3 is 1. The summed E-state index contributed by atoms with van der Waals surface area (Å²) in [5, 5.41) is 2.41. The van der Waals surface area contributed by atoms with Crippen molar-refractivity contribution in [1.29, 1.82) is 0 Å². The summed E-state index contributed by atoms with van der Waals surface area (Å²) in [7, 11) is -1.91. The molecular formula is C11H17F3N2O4S. The number of halogens is 3. The van der Waals surface area contributed by atoms with Crippen LogP contribution in [0.1, 0.15) is 5.76 Å². The molecule has 0 radical (unpaired) electrons. The van der Waals surface area contributed by atoms with E-state index in [1.165, 1.54) is 13.2 Å². The first kappa shape index (κ1) is 18.0. The lowest BCUT2D eigenvalue weighted by Crippen LogP contribution is -2.35. The van der Waals surface area contributed by atoms with Crippen molar-refractivity contribution in [3.63, 3.8) is 0 Å². The molecule has 0 saturated carbocycles. The minimum absolute atomic E-state index is 0.202. The van der Waals surface area contributed by atoms with Gasteiger partial charge in [-0.2, -0.15) is 17.5 Å². The average Bonchev–Trinajstić information content (AvgIpc) is 2.82. The van der Waals surface area contributed by atoms with E-state index >= 15 is 0 Å². The highest BCUT2D eigenvalue weighted by molar-refractivity contribution is 7.89. The molecule has 1 rings (SSSR count). The largest absolute Gasteiger partial charge is 0.447 e. The third kappa shape index (κ3) is 5.65. The molecule has 21 heavy (non-hydrogen) atoms. The highest BCUT2D eigenvalue weighted by atomic mass is 32.2. The maximum absolute atomic E-state index is 12.2. The van der Waals surface area contributed by atoms with Gasteiger partial charge >= 0.3 is 6.18 Å². The van der Waals surface area contributed by atoms with Gasteiger partial charge in [-0.1, -0.05) is 0 Å². The van der Waals surface area contributed by atoms with Crippen LogP contribution in [-0.4, -0.2) is 52.8 Å². The van der Waals surface area contributed by atoms with Crippen molar-refractivity contribution in [3.8, 4) is 0 Å². The van der Waals surface area contributed by atoms with Crippen molar-refractivity contribution in [3.05, 3.63) is 17.9 Å². The quantitative estimate of drug-likeness (QED) is 0.725. The average molecular weight is 330 g/mol. The van der Waals surface area contributed by atoms with E-state index in [0.29, 0.717) is 18.9 Å². The molecule has 1 aromatic rings. The van der Waals surface area contributed by atoms with Crippen LogP contribution in [0, 0.1) is 0 Å². The summed E-state index contributed by atoms with van der Waals surface area (Å²) < 4.78 is 70.6. The zero-order valence-electron chi connectivity index (χ0n) is 11.6. The Balaban J connectivity index is 2.70. The van der Waals surface area contributed by atoms with Crippen molar-refractivity contribution >= 4 is 10.0 Å². The highest BCUT2D eigenvalue weighted by Crippen LogP contribution is 2.22. The lowest BCUT2D eigenvalue weighted by atomic mass is 10.4. The molecule has 122 valence electrons. The zero-order valence-corrected chi connectivity index (χ0v) is 12.4. The monoisotopic (exact) mass is 330 g/mol. The van der Waals surface area contributed by atoms with Crippen LogP contribution in [0.3, 0.4) is 0 Å². The first-order valence-corrected chi connectivity index (χ1v) is 7.42. The molecule has 0 aromatic carbocycles. The molecule has 0 amide bonds. The van der Waals surface area contributed by atoms with Crippen LogP contribution >= 0.6 is 0 Å². The second kappa shape index (κ2) is 7.25. The van der Waals surface area contributed by atoms with Crippen LogP contribution in [0.5, 0.6) is 0 Å². The number of hydrogen-bond donors (Lipinski definition) is 1. The first-order valence-electron chi connectivity index (χ1n) is 5.98. The summed E-state index contributed by atoms with van der Waals surface area (Å²) in [6, 6.07) is 2.53. The van der Waals surface area contributed by atoms with Gasteiger partial charge in [0.15, 0.2) is 0 Å². The molecule has 1 heterocycles. The number of furan rings is 1. The van der Waals surface area contributed by atoms with E-state index in [-0.39, 0.29) is 10.8 Å². The van der Waals surface area contributed by atoms with Crippen LogP contribution < -0.4 is 5.32 Å². The van der Waals surface area contributed by atoms with Crippen LogP contribution in [0.2, 0.25) is 0 Å². The predicted octanol–water partition coefficient (Wildman–Crippen LogP) is 1.20. The highest BCUT2D eigenvalue weighted by Gasteiger charge is 2.36. The smallest absolute Gasteiger partial charge is 0.402 e. The SMILES string of the molecule is COCCNCc1ccc(S(=O)(=O)N(C)CC(F)(F)F)o1. The van der Waals surface area contributed by atoms with E-state index in [4.69, 9.17) is 9.15 Å². The summed E-state index contributed by atoms with van der Waals surface area (Å²) in [6.45, 7) is -0.313. The number of ether oxygens (including phenoxy) is 1. The number of sulfonamides is 1. The number of rotatable bonds is 8. The first-order chi connectivity index (χ1) is 9.66. The number of hydrogen-bond acceptors (Lipinski definition) is 5. The molecule has 0 bridgehead atoms. The number of alkyl halides is 3. The van der Waals surface area contributed by atoms with Crippen LogP contribution in [0.25, 0.3) is 0 Å². The molecule has 1 N–H and O–H groups in total. The van der Waals surface area contributed by atoms with Crippen LogP contribution in [0.15, 0.2) is 21.6 Å². The summed E-state index contributed by atoms with van der Waals surface area (Å²) in [6.07, 6.45) is -4.61. The van der Waals surface area contributed by atoms with Gasteiger partial charge in [0.2, 0.25) is 5.09 Å². The van der Waals surface area contributed by atoms with E-state index in [1.54, 1.807) is 0 Å². The van der Waals surface area contributed by atoms with Gasteiger partial charge in [-0.3, -0.25) is 0 Å². The standard InChI is InChI=1S/C11H17F3N2O4S/c1-16(8-11(12,13)14)21(17,18)10-4-3-9(20-10)7-15-5-6-19-2/h3-4,15H,5-8H2,1-2H3. The molecule has 0 spiro atoms. The Kier molecular flexibility index (Phi) is 6.20. The molecular weight excluding hydrogens is 313 g/mol. The molecule has 0 fully saturated rings. The van der Waals surface area contributed by atoms with Crippen LogP contribution in [-0.2, 0) is 21.3 Å². The molecule has 10 heteroatoms. The Bertz CT molecular complexity index is 542. The van der Waals surface area contributed by atoms with Gasteiger partial charge in [-0.15, -0.1) is 0 Å². The minimum Gasteiger partial charge on any atom is -0.447 e. The zero-order chi connectivity index (χ0) is 16.1. The van der Waals surface area contributed by atoms with E-state index in [2.05, 4.69) is 5.32 Å². The molecule has 0 aliphatic rings. The van der Waals surface area contributed by atoms with Gasteiger partial charge in [0.05, 0.1) is 13.2 Å². The maximum Gasteiger partial charge on any atom is 0.402 e. The Morgan fingerprint density at radius 3 is 2.62 bits per heavy atom. The molecule has 0 saturated heterocycles. The summed E-state index contributed by atoms with van der Waals surface area (Å²) in [5.41, 5.74) is 0. The lowest BCUT2D eigenvalue weighted by Gasteiger charge is -2.17. The second-order valence-electron chi connectivity index (χ2n) is 4.27. The Morgan fingerprint density at radius 1 is 1.38 bits per heavy atom. The molecule has 1 aromatic heterocycles. The van der Waals surface area contributed by atoms with E-state index in [0.717, 1.165) is 13.1 Å². The molecule has 0 aliphatic carbocycles. The van der Waals surface area contributed by atoms with Crippen molar-refractivity contribution in [2.45, 2.75) is 17.8 Å². The van der Waals surface area contributed by atoms with E-state index < -0.39 is 27.8 Å². The van der Waals surface area contributed by atoms with Gasteiger partial charge < -0.3 is 14.5 Å². The van der Waals surface area contributed by atoms with Crippen molar-refractivity contribution in [2.75, 3.05) is 33.9 Å².